The van der Waals surface area contributed by atoms with Crippen LogP contribution in [0, 0.1) is 0 Å². The summed E-state index contributed by atoms with van der Waals surface area (Å²) in [4.78, 5) is 13.4. The molecule has 0 saturated heterocycles. The first-order valence-corrected chi connectivity index (χ1v) is 7.81. The van der Waals surface area contributed by atoms with Crippen molar-refractivity contribution >= 4 is 6.41 Å². The second-order valence-corrected chi connectivity index (χ2v) is 5.67. The molecule has 1 atom stereocenters. The van der Waals surface area contributed by atoms with Crippen LogP contribution < -0.4 is 14.2 Å². The fourth-order valence-electron chi connectivity index (χ4n) is 3.24. The van der Waals surface area contributed by atoms with Gasteiger partial charge in [-0.25, -0.2) is 0 Å². The number of rotatable bonds is 5. The lowest BCUT2D eigenvalue weighted by Gasteiger charge is -2.35. The molecule has 0 saturated carbocycles. The third-order valence-corrected chi connectivity index (χ3v) is 4.48. The fourth-order valence-corrected chi connectivity index (χ4v) is 3.24. The first kappa shape index (κ1) is 16.2. The summed E-state index contributed by atoms with van der Waals surface area (Å²) in [5.41, 5.74) is 3.28. The zero-order chi connectivity index (χ0) is 17.1. The van der Waals surface area contributed by atoms with Gasteiger partial charge in [0.2, 0.25) is 6.41 Å². The molecule has 5 heteroatoms. The fraction of sp³-hybridized carbons (Fsp3) is 0.316. The average Bonchev–Trinajstić information content (AvgIpc) is 2.65. The zero-order valence-corrected chi connectivity index (χ0v) is 14.1. The normalized spacial score (nSPS) is 16.3. The van der Waals surface area contributed by atoms with Crippen molar-refractivity contribution in [2.45, 2.75) is 12.5 Å². The number of carbonyl (C=O) groups excluding carboxylic acids is 1. The van der Waals surface area contributed by atoms with E-state index >= 15 is 0 Å². The second-order valence-electron chi connectivity index (χ2n) is 5.67. The molecular weight excluding hydrogens is 306 g/mol. The molecule has 0 bridgehead atoms. The van der Waals surface area contributed by atoms with Gasteiger partial charge in [0, 0.05) is 6.54 Å². The van der Waals surface area contributed by atoms with Crippen LogP contribution >= 0.6 is 0 Å². The van der Waals surface area contributed by atoms with Gasteiger partial charge in [-0.15, -0.1) is 0 Å². The molecule has 24 heavy (non-hydrogen) atoms. The second kappa shape index (κ2) is 6.83. The van der Waals surface area contributed by atoms with Crippen LogP contribution in [-0.2, 0) is 11.2 Å². The standard InChI is InChI=1S/C19H21NO4/c1-22-15-6-4-13(5-7-15)19-16-11-18(24-3)17(23-2)10-14(16)8-9-20(19)12-21/h4-7,10-12,19H,8-9H2,1-3H3/t19-/m0/s1. The first-order chi connectivity index (χ1) is 11.7. The van der Waals surface area contributed by atoms with E-state index in [2.05, 4.69) is 0 Å². The van der Waals surface area contributed by atoms with Crippen LogP contribution in [0.3, 0.4) is 0 Å². The third-order valence-electron chi connectivity index (χ3n) is 4.48. The van der Waals surface area contributed by atoms with Gasteiger partial charge in [-0.2, -0.15) is 0 Å². The van der Waals surface area contributed by atoms with Crippen LogP contribution in [-0.4, -0.2) is 39.2 Å². The smallest absolute Gasteiger partial charge is 0.210 e. The number of nitrogens with zero attached hydrogens (tertiary/aromatic N) is 1. The number of fused-ring (bicyclic) bond motifs is 1. The molecule has 1 aliphatic heterocycles. The molecule has 0 radical (unpaired) electrons. The van der Waals surface area contributed by atoms with Crippen LogP contribution in [0.5, 0.6) is 17.2 Å². The van der Waals surface area contributed by atoms with E-state index in [0.717, 1.165) is 29.7 Å². The summed E-state index contributed by atoms with van der Waals surface area (Å²) in [5.74, 6) is 2.17. The molecule has 2 aromatic rings. The number of hydrogen-bond donors (Lipinski definition) is 0. The third kappa shape index (κ3) is 2.77. The summed E-state index contributed by atoms with van der Waals surface area (Å²) >= 11 is 0. The maximum Gasteiger partial charge on any atom is 0.210 e. The molecule has 5 nitrogen and oxygen atoms in total. The van der Waals surface area contributed by atoms with Gasteiger partial charge in [-0.1, -0.05) is 12.1 Å². The van der Waals surface area contributed by atoms with Crippen molar-refractivity contribution in [1.29, 1.82) is 0 Å². The van der Waals surface area contributed by atoms with Gasteiger partial charge in [0.1, 0.15) is 5.75 Å². The van der Waals surface area contributed by atoms with Crippen LogP contribution in [0.2, 0.25) is 0 Å². The van der Waals surface area contributed by atoms with E-state index in [1.165, 1.54) is 5.56 Å². The zero-order valence-electron chi connectivity index (χ0n) is 14.1. The van der Waals surface area contributed by atoms with E-state index in [1.54, 1.807) is 21.3 Å². The minimum absolute atomic E-state index is 0.142. The van der Waals surface area contributed by atoms with Gasteiger partial charge in [0.25, 0.3) is 0 Å². The first-order valence-electron chi connectivity index (χ1n) is 7.81. The van der Waals surface area contributed by atoms with Crippen molar-refractivity contribution in [2.24, 2.45) is 0 Å². The lowest BCUT2D eigenvalue weighted by atomic mass is 9.88. The number of ether oxygens (including phenoxy) is 3. The average molecular weight is 327 g/mol. The van der Waals surface area contributed by atoms with E-state index in [9.17, 15) is 4.79 Å². The van der Waals surface area contributed by atoms with Crippen molar-refractivity contribution in [3.63, 3.8) is 0 Å². The summed E-state index contributed by atoms with van der Waals surface area (Å²) in [6.45, 7) is 0.669. The summed E-state index contributed by atoms with van der Waals surface area (Å²) in [5, 5.41) is 0. The van der Waals surface area contributed by atoms with Crippen LogP contribution in [0.4, 0.5) is 0 Å². The van der Waals surface area contributed by atoms with Crippen LogP contribution in [0.25, 0.3) is 0 Å². The summed E-state index contributed by atoms with van der Waals surface area (Å²) < 4.78 is 16.1. The number of carbonyl (C=O) groups is 1. The molecule has 0 aliphatic carbocycles. The topological polar surface area (TPSA) is 48.0 Å². The van der Waals surface area contributed by atoms with Crippen molar-refractivity contribution in [2.75, 3.05) is 27.9 Å². The molecule has 2 aromatic carbocycles. The Morgan fingerprint density at radius 3 is 2.25 bits per heavy atom. The largest absolute Gasteiger partial charge is 0.497 e. The van der Waals surface area contributed by atoms with Crippen molar-refractivity contribution < 1.29 is 19.0 Å². The van der Waals surface area contributed by atoms with Crippen LogP contribution in [0.15, 0.2) is 36.4 Å². The van der Waals surface area contributed by atoms with Crippen molar-refractivity contribution in [1.82, 2.24) is 4.90 Å². The number of benzene rings is 2. The Kier molecular flexibility index (Phi) is 4.60. The monoisotopic (exact) mass is 327 g/mol. The van der Waals surface area contributed by atoms with Gasteiger partial charge < -0.3 is 19.1 Å². The summed E-state index contributed by atoms with van der Waals surface area (Å²) in [6, 6.07) is 11.6. The Morgan fingerprint density at radius 2 is 1.67 bits per heavy atom. The highest BCUT2D eigenvalue weighted by Gasteiger charge is 2.29. The predicted octanol–water partition coefficient (Wildman–Crippen LogP) is 2.82. The van der Waals surface area contributed by atoms with Crippen molar-refractivity contribution in [3.05, 3.63) is 53.1 Å². The molecule has 0 spiro atoms. The molecule has 126 valence electrons. The Bertz CT molecular complexity index is 727. The van der Waals surface area contributed by atoms with Gasteiger partial charge in [-0.3, -0.25) is 4.79 Å². The van der Waals surface area contributed by atoms with Gasteiger partial charge >= 0.3 is 0 Å². The molecule has 3 rings (SSSR count). The lowest BCUT2D eigenvalue weighted by molar-refractivity contribution is -0.119. The van der Waals surface area contributed by atoms with E-state index < -0.39 is 0 Å². The van der Waals surface area contributed by atoms with E-state index in [1.807, 2.05) is 41.3 Å². The molecule has 0 fully saturated rings. The van der Waals surface area contributed by atoms with Gasteiger partial charge in [0.15, 0.2) is 11.5 Å². The lowest BCUT2D eigenvalue weighted by Crippen LogP contribution is -2.35. The minimum Gasteiger partial charge on any atom is -0.497 e. The Hall–Kier alpha value is -2.69. The van der Waals surface area contributed by atoms with E-state index in [4.69, 9.17) is 14.2 Å². The number of methoxy groups -OCH3 is 3. The Balaban J connectivity index is 2.11. The molecule has 0 aromatic heterocycles. The summed E-state index contributed by atoms with van der Waals surface area (Å²) in [7, 11) is 4.89. The molecule has 1 amide bonds. The molecule has 1 aliphatic rings. The van der Waals surface area contributed by atoms with E-state index in [0.29, 0.717) is 18.0 Å². The molecule has 0 unspecified atom stereocenters. The highest BCUT2D eigenvalue weighted by Crippen LogP contribution is 2.40. The molecule has 1 heterocycles. The molecular formula is C19H21NO4. The SMILES string of the molecule is COc1ccc([C@H]2c3cc(OC)c(OC)cc3CCN2C=O)cc1. The number of hydrogen-bond acceptors (Lipinski definition) is 4. The maximum atomic E-state index is 11.6. The Morgan fingerprint density at radius 1 is 1.00 bits per heavy atom. The van der Waals surface area contributed by atoms with Crippen LogP contribution in [0.1, 0.15) is 22.7 Å². The summed E-state index contributed by atoms with van der Waals surface area (Å²) in [6.07, 6.45) is 1.70. The van der Waals surface area contributed by atoms with E-state index in [-0.39, 0.29) is 6.04 Å². The van der Waals surface area contributed by atoms with Gasteiger partial charge in [0.05, 0.1) is 27.4 Å². The number of amides is 1. The highest BCUT2D eigenvalue weighted by atomic mass is 16.5. The predicted molar refractivity (Wildman–Crippen MR) is 90.9 cm³/mol. The quantitative estimate of drug-likeness (QED) is 0.792. The van der Waals surface area contributed by atoms with Gasteiger partial charge in [-0.05, 0) is 47.4 Å². The Labute approximate surface area is 141 Å². The van der Waals surface area contributed by atoms with Crippen molar-refractivity contribution in [3.8, 4) is 17.2 Å². The molecule has 0 N–H and O–H groups in total. The minimum atomic E-state index is -0.142. The maximum absolute atomic E-state index is 11.6. The highest BCUT2D eigenvalue weighted by molar-refractivity contribution is 5.57.